The lowest BCUT2D eigenvalue weighted by atomic mass is 10.1. The van der Waals surface area contributed by atoms with Crippen LogP contribution < -0.4 is 11.3 Å². The second-order valence-corrected chi connectivity index (χ2v) is 4.77. The standard InChI is InChI=1S/C15H12ClN5/c16-11-6-7-12(18-9-11)15-19-13(8-14(20-15)21-17)10-4-2-1-3-5-10/h1-9H,17H2,(H,19,20,21). The minimum atomic E-state index is 0.487. The summed E-state index contributed by atoms with van der Waals surface area (Å²) in [6.07, 6.45) is 1.56. The minimum Gasteiger partial charge on any atom is -0.308 e. The van der Waals surface area contributed by atoms with Crippen LogP contribution in [0.15, 0.2) is 54.7 Å². The lowest BCUT2D eigenvalue weighted by Crippen LogP contribution is -2.10. The maximum absolute atomic E-state index is 5.85. The van der Waals surface area contributed by atoms with Gasteiger partial charge < -0.3 is 5.43 Å². The molecule has 0 atom stereocenters. The van der Waals surface area contributed by atoms with Crippen molar-refractivity contribution < 1.29 is 0 Å². The summed E-state index contributed by atoms with van der Waals surface area (Å²) in [5.74, 6) is 6.50. The molecule has 5 nitrogen and oxygen atoms in total. The number of halogens is 1. The lowest BCUT2D eigenvalue weighted by Gasteiger charge is -2.07. The highest BCUT2D eigenvalue weighted by molar-refractivity contribution is 6.30. The van der Waals surface area contributed by atoms with Crippen LogP contribution >= 0.6 is 11.6 Å². The van der Waals surface area contributed by atoms with Crippen LogP contribution in [0.1, 0.15) is 0 Å². The molecule has 3 rings (SSSR count). The molecule has 0 saturated carbocycles. The van der Waals surface area contributed by atoms with Gasteiger partial charge in [0, 0.05) is 17.8 Å². The van der Waals surface area contributed by atoms with Gasteiger partial charge in [-0.3, -0.25) is 4.98 Å². The Morgan fingerprint density at radius 3 is 2.43 bits per heavy atom. The van der Waals surface area contributed by atoms with Crippen LogP contribution in [-0.2, 0) is 0 Å². The van der Waals surface area contributed by atoms with E-state index in [0.29, 0.717) is 22.4 Å². The predicted octanol–water partition coefficient (Wildman–Crippen LogP) is 3.14. The van der Waals surface area contributed by atoms with Gasteiger partial charge in [-0.2, -0.15) is 0 Å². The Morgan fingerprint density at radius 2 is 1.76 bits per heavy atom. The number of hydrazine groups is 1. The molecule has 0 saturated heterocycles. The average Bonchev–Trinajstić information content (AvgIpc) is 2.56. The monoisotopic (exact) mass is 297 g/mol. The van der Waals surface area contributed by atoms with Crippen LogP contribution in [0.5, 0.6) is 0 Å². The molecule has 0 radical (unpaired) electrons. The van der Waals surface area contributed by atoms with Crippen molar-refractivity contribution >= 4 is 17.4 Å². The van der Waals surface area contributed by atoms with Crippen LogP contribution in [0.25, 0.3) is 22.8 Å². The molecule has 2 heterocycles. The van der Waals surface area contributed by atoms with Crippen molar-refractivity contribution in [3.63, 3.8) is 0 Å². The third-order valence-corrected chi connectivity index (χ3v) is 3.12. The highest BCUT2D eigenvalue weighted by atomic mass is 35.5. The van der Waals surface area contributed by atoms with E-state index in [-0.39, 0.29) is 0 Å². The molecule has 0 aliphatic rings. The molecule has 0 spiro atoms. The Bertz CT molecular complexity index is 744. The molecule has 0 unspecified atom stereocenters. The SMILES string of the molecule is NNc1cc(-c2ccccc2)nc(-c2ccc(Cl)cn2)n1. The number of rotatable bonds is 3. The summed E-state index contributed by atoms with van der Waals surface area (Å²) >= 11 is 5.85. The van der Waals surface area contributed by atoms with Crippen molar-refractivity contribution in [2.24, 2.45) is 5.84 Å². The van der Waals surface area contributed by atoms with Crippen LogP contribution in [-0.4, -0.2) is 15.0 Å². The predicted molar refractivity (Wildman–Crippen MR) is 83.5 cm³/mol. The van der Waals surface area contributed by atoms with E-state index in [1.54, 1.807) is 24.4 Å². The summed E-state index contributed by atoms with van der Waals surface area (Å²) < 4.78 is 0. The molecule has 104 valence electrons. The van der Waals surface area contributed by atoms with Crippen molar-refractivity contribution in [1.82, 2.24) is 15.0 Å². The van der Waals surface area contributed by atoms with Crippen LogP contribution in [0, 0.1) is 0 Å². The summed E-state index contributed by atoms with van der Waals surface area (Å²) in [4.78, 5) is 13.1. The van der Waals surface area contributed by atoms with Gasteiger partial charge in [0.1, 0.15) is 11.5 Å². The topological polar surface area (TPSA) is 76.7 Å². The number of pyridine rings is 1. The molecule has 0 bridgehead atoms. The largest absolute Gasteiger partial charge is 0.308 e. The third kappa shape index (κ3) is 2.99. The zero-order valence-electron chi connectivity index (χ0n) is 11.0. The van der Waals surface area contributed by atoms with Gasteiger partial charge in [-0.1, -0.05) is 41.9 Å². The van der Waals surface area contributed by atoms with E-state index in [2.05, 4.69) is 20.4 Å². The Balaban J connectivity index is 2.11. The molecule has 21 heavy (non-hydrogen) atoms. The fourth-order valence-electron chi connectivity index (χ4n) is 1.90. The number of hydrogen-bond acceptors (Lipinski definition) is 5. The van der Waals surface area contributed by atoms with Gasteiger partial charge in [-0.25, -0.2) is 15.8 Å². The molecule has 3 aromatic rings. The van der Waals surface area contributed by atoms with E-state index in [0.717, 1.165) is 11.3 Å². The van der Waals surface area contributed by atoms with Crippen molar-refractivity contribution in [3.05, 3.63) is 59.8 Å². The third-order valence-electron chi connectivity index (χ3n) is 2.90. The number of hydrogen-bond donors (Lipinski definition) is 2. The lowest BCUT2D eigenvalue weighted by molar-refractivity contribution is 1.12. The first-order chi connectivity index (χ1) is 10.3. The number of nitrogens with zero attached hydrogens (tertiary/aromatic N) is 3. The number of nitrogens with one attached hydrogen (secondary N) is 1. The maximum Gasteiger partial charge on any atom is 0.180 e. The summed E-state index contributed by atoms with van der Waals surface area (Å²) in [5, 5.41) is 0.565. The number of anilines is 1. The Morgan fingerprint density at radius 1 is 0.952 bits per heavy atom. The smallest absolute Gasteiger partial charge is 0.180 e. The van der Waals surface area contributed by atoms with Gasteiger partial charge in [0.05, 0.1) is 10.7 Å². The van der Waals surface area contributed by atoms with E-state index in [4.69, 9.17) is 17.4 Å². The quantitative estimate of drug-likeness (QED) is 0.573. The van der Waals surface area contributed by atoms with Gasteiger partial charge in [-0.15, -0.1) is 0 Å². The van der Waals surface area contributed by atoms with E-state index >= 15 is 0 Å². The highest BCUT2D eigenvalue weighted by Crippen LogP contribution is 2.23. The average molecular weight is 298 g/mol. The zero-order chi connectivity index (χ0) is 14.7. The van der Waals surface area contributed by atoms with E-state index < -0.39 is 0 Å². The molecule has 0 amide bonds. The van der Waals surface area contributed by atoms with Crippen molar-refractivity contribution in [3.8, 4) is 22.8 Å². The zero-order valence-corrected chi connectivity index (χ0v) is 11.7. The van der Waals surface area contributed by atoms with E-state index in [9.17, 15) is 0 Å². The second-order valence-electron chi connectivity index (χ2n) is 4.33. The normalized spacial score (nSPS) is 10.4. The van der Waals surface area contributed by atoms with Crippen molar-refractivity contribution in [1.29, 1.82) is 0 Å². The van der Waals surface area contributed by atoms with Gasteiger partial charge in [0.25, 0.3) is 0 Å². The highest BCUT2D eigenvalue weighted by Gasteiger charge is 2.09. The molecule has 0 aliphatic heterocycles. The molecule has 0 fully saturated rings. The number of nitrogen functional groups attached to an aromatic ring is 1. The molecular formula is C15H12ClN5. The molecule has 0 aliphatic carbocycles. The number of nitrogens with two attached hydrogens (primary N) is 1. The molecular weight excluding hydrogens is 286 g/mol. The van der Waals surface area contributed by atoms with E-state index in [1.165, 1.54) is 0 Å². The van der Waals surface area contributed by atoms with Crippen LogP contribution in [0.2, 0.25) is 5.02 Å². The van der Waals surface area contributed by atoms with Crippen LogP contribution in [0.4, 0.5) is 5.82 Å². The number of aromatic nitrogens is 3. The Labute approximate surface area is 126 Å². The fourth-order valence-corrected chi connectivity index (χ4v) is 2.01. The first kappa shape index (κ1) is 13.5. The Hall–Kier alpha value is -2.50. The first-order valence-electron chi connectivity index (χ1n) is 6.29. The van der Waals surface area contributed by atoms with E-state index in [1.807, 2.05) is 30.3 Å². The summed E-state index contributed by atoms with van der Waals surface area (Å²) in [5.41, 5.74) is 4.93. The number of benzene rings is 1. The Kier molecular flexibility index (Phi) is 3.77. The van der Waals surface area contributed by atoms with Gasteiger partial charge in [-0.05, 0) is 12.1 Å². The van der Waals surface area contributed by atoms with Gasteiger partial charge >= 0.3 is 0 Å². The molecule has 1 aromatic carbocycles. The van der Waals surface area contributed by atoms with Crippen molar-refractivity contribution in [2.45, 2.75) is 0 Å². The first-order valence-corrected chi connectivity index (χ1v) is 6.67. The maximum atomic E-state index is 5.85. The minimum absolute atomic E-state index is 0.487. The summed E-state index contributed by atoms with van der Waals surface area (Å²) in [7, 11) is 0. The van der Waals surface area contributed by atoms with Crippen LogP contribution in [0.3, 0.4) is 0 Å². The van der Waals surface area contributed by atoms with Gasteiger partial charge in [0.2, 0.25) is 0 Å². The summed E-state index contributed by atoms with van der Waals surface area (Å²) in [6.45, 7) is 0. The molecule has 2 aromatic heterocycles. The van der Waals surface area contributed by atoms with Crippen molar-refractivity contribution in [2.75, 3.05) is 5.43 Å². The molecule has 6 heteroatoms. The van der Waals surface area contributed by atoms with Gasteiger partial charge in [0.15, 0.2) is 5.82 Å². The molecule has 3 N–H and O–H groups in total. The second kappa shape index (κ2) is 5.87. The summed E-state index contributed by atoms with van der Waals surface area (Å²) in [6, 6.07) is 15.1. The fraction of sp³-hybridized carbons (Fsp3) is 0.